The first-order valence-corrected chi connectivity index (χ1v) is 20.0. The summed E-state index contributed by atoms with van der Waals surface area (Å²) >= 11 is 15.6. The standard InChI is InChI=1S/C21H25ClN4O5S.C17H15ClN4S/c1-14(27)26-6-4-25(5-7-26)8-9-31-16-2-3-17(18(22)11-16)21-24-15(13-32-21)10-19(28)23-12-20(29)30;1-9-10(2)23-17-15(9)16(12-4-6-13(18)7-5-12)19-8-14-21-20-11(3)22(14)17/h2-3,11,13H,4-10,12H2,1H3,(H,23,28)(H,29,30);4-7H,8H2,1-3H3. The van der Waals surface area contributed by atoms with E-state index in [4.69, 9.17) is 38.0 Å². The molecule has 0 saturated carbocycles. The molecule has 17 heteroatoms. The number of ether oxygens (including phenoxy) is 1. The topological polar surface area (TPSA) is 155 Å². The minimum atomic E-state index is -1.10. The van der Waals surface area contributed by atoms with Crippen LogP contribution in [0, 0.1) is 20.8 Å². The highest BCUT2D eigenvalue weighted by Gasteiger charge is 2.26. The third-order valence-corrected chi connectivity index (χ3v) is 11.9. The average molecular weight is 824 g/mol. The van der Waals surface area contributed by atoms with Crippen molar-refractivity contribution in [3.63, 3.8) is 0 Å². The predicted molar refractivity (Wildman–Crippen MR) is 215 cm³/mol. The Balaban J connectivity index is 0.000000196. The fourth-order valence-corrected chi connectivity index (χ4v) is 8.67. The Morgan fingerprint density at radius 3 is 2.44 bits per heavy atom. The summed E-state index contributed by atoms with van der Waals surface area (Å²) in [6, 6.07) is 13.3. The second-order valence-electron chi connectivity index (χ2n) is 13.0. The number of aliphatic carboxylic acids is 1. The van der Waals surface area contributed by atoms with Gasteiger partial charge >= 0.3 is 5.97 Å². The van der Waals surface area contributed by atoms with Crippen LogP contribution in [-0.4, -0.2) is 104 Å². The number of thiophene rings is 1. The lowest BCUT2D eigenvalue weighted by molar-refractivity contribution is -0.137. The number of rotatable bonds is 10. The fraction of sp³-hybridized carbons (Fsp3) is 0.342. The lowest BCUT2D eigenvalue weighted by Gasteiger charge is -2.34. The molecular formula is C38H40Cl2N8O5S2. The Labute approximate surface area is 336 Å². The molecule has 7 rings (SSSR count). The first-order valence-electron chi connectivity index (χ1n) is 17.5. The number of halogens is 2. The van der Waals surface area contributed by atoms with Crippen molar-refractivity contribution in [2.45, 2.75) is 40.7 Å². The molecule has 1 saturated heterocycles. The largest absolute Gasteiger partial charge is 0.492 e. The number of aliphatic imine (C=N–C) groups is 1. The van der Waals surface area contributed by atoms with Crippen LogP contribution in [0.5, 0.6) is 5.75 Å². The normalized spacial score (nSPS) is 13.9. The molecule has 0 unspecified atom stereocenters. The van der Waals surface area contributed by atoms with Crippen LogP contribution in [0.25, 0.3) is 15.6 Å². The Morgan fingerprint density at radius 1 is 1.00 bits per heavy atom. The Kier molecular flexibility index (Phi) is 13.0. The molecule has 2 aliphatic heterocycles. The smallest absolute Gasteiger partial charge is 0.322 e. The lowest BCUT2D eigenvalue weighted by Crippen LogP contribution is -2.48. The summed E-state index contributed by atoms with van der Waals surface area (Å²) in [6.45, 7) is 12.4. The van der Waals surface area contributed by atoms with E-state index < -0.39 is 18.4 Å². The summed E-state index contributed by atoms with van der Waals surface area (Å²) in [6.07, 6.45) is 0.00324. The van der Waals surface area contributed by atoms with Crippen LogP contribution in [0.1, 0.15) is 45.8 Å². The lowest BCUT2D eigenvalue weighted by atomic mass is 10.00. The number of carbonyl (C=O) groups excluding carboxylic acids is 2. The number of thiazole rings is 1. The van der Waals surface area contributed by atoms with Gasteiger partial charge in [0.05, 0.1) is 22.8 Å². The number of hydrogen-bond donors (Lipinski definition) is 2. The highest BCUT2D eigenvalue weighted by atomic mass is 35.5. The van der Waals surface area contributed by atoms with Crippen LogP contribution in [0.3, 0.4) is 0 Å². The Bertz CT molecular complexity index is 2230. The molecule has 5 heterocycles. The van der Waals surface area contributed by atoms with E-state index in [1.54, 1.807) is 29.7 Å². The van der Waals surface area contributed by atoms with Gasteiger partial charge in [0.15, 0.2) is 5.82 Å². The summed E-state index contributed by atoms with van der Waals surface area (Å²) in [7, 11) is 0. The Morgan fingerprint density at radius 2 is 1.75 bits per heavy atom. The number of piperazine rings is 1. The summed E-state index contributed by atoms with van der Waals surface area (Å²) in [4.78, 5) is 48.4. The SMILES string of the molecule is CC(=O)N1CCN(CCOc2ccc(-c3nc(CC(=O)NCC(=O)O)cs3)c(Cl)c2)CC1.Cc1sc2c(c1C)C(c1ccc(Cl)cc1)=NCc1nnc(C)n1-2. The number of amides is 2. The molecule has 13 nitrogen and oxygen atoms in total. The van der Waals surface area contributed by atoms with Gasteiger partial charge in [0, 0.05) is 71.6 Å². The van der Waals surface area contributed by atoms with E-state index in [2.05, 4.69) is 43.8 Å². The number of nitrogens with zero attached hydrogens (tertiary/aromatic N) is 7. The Hall–Kier alpha value is -4.67. The van der Waals surface area contributed by atoms with Gasteiger partial charge in [0.2, 0.25) is 11.8 Å². The fourth-order valence-electron chi connectivity index (χ4n) is 6.14. The molecule has 2 aromatic carbocycles. The van der Waals surface area contributed by atoms with Gasteiger partial charge in [-0.2, -0.15) is 0 Å². The summed E-state index contributed by atoms with van der Waals surface area (Å²) in [5.41, 5.74) is 5.81. The van der Waals surface area contributed by atoms with Crippen LogP contribution >= 0.6 is 45.9 Å². The van der Waals surface area contributed by atoms with Gasteiger partial charge in [0.25, 0.3) is 0 Å². The van der Waals surface area contributed by atoms with Gasteiger partial charge in [-0.1, -0.05) is 35.3 Å². The number of nitrogens with one attached hydrogen (secondary N) is 1. The maximum atomic E-state index is 11.8. The zero-order valence-corrected chi connectivity index (χ0v) is 33.9. The van der Waals surface area contributed by atoms with Gasteiger partial charge < -0.3 is 20.1 Å². The number of carboxylic acid groups (broad SMARTS) is 1. The molecule has 0 aliphatic carbocycles. The maximum Gasteiger partial charge on any atom is 0.322 e. The first-order chi connectivity index (χ1) is 26.4. The van der Waals surface area contributed by atoms with E-state index in [1.807, 2.05) is 48.2 Å². The summed E-state index contributed by atoms with van der Waals surface area (Å²) in [5, 5.41) is 24.2. The second kappa shape index (κ2) is 17.9. The van der Waals surface area contributed by atoms with Gasteiger partial charge in [-0.05, 0) is 56.7 Å². The molecule has 0 spiro atoms. The molecule has 0 atom stereocenters. The third-order valence-electron chi connectivity index (χ3n) is 9.19. The van der Waals surface area contributed by atoms with Crippen molar-refractivity contribution in [1.82, 2.24) is 34.9 Å². The van der Waals surface area contributed by atoms with Crippen LogP contribution < -0.4 is 10.1 Å². The predicted octanol–water partition coefficient (Wildman–Crippen LogP) is 6.01. The highest BCUT2D eigenvalue weighted by Crippen LogP contribution is 2.36. The second-order valence-corrected chi connectivity index (χ2v) is 15.9. The van der Waals surface area contributed by atoms with Crippen molar-refractivity contribution < 1.29 is 24.2 Å². The number of hydrogen-bond acceptors (Lipinski definition) is 11. The van der Waals surface area contributed by atoms with Crippen LogP contribution in [0.15, 0.2) is 52.8 Å². The monoisotopic (exact) mass is 822 g/mol. The van der Waals surface area contributed by atoms with Crippen LogP contribution in [-0.2, 0) is 27.3 Å². The maximum absolute atomic E-state index is 11.8. The van der Waals surface area contributed by atoms with E-state index in [0.29, 0.717) is 34.6 Å². The zero-order chi connectivity index (χ0) is 39.2. The van der Waals surface area contributed by atoms with Gasteiger partial charge in [-0.15, -0.1) is 32.9 Å². The average Bonchev–Trinajstić information content (AvgIpc) is 3.82. The molecular weight excluding hydrogens is 784 g/mol. The van der Waals surface area contributed by atoms with E-state index in [9.17, 15) is 14.4 Å². The third kappa shape index (κ3) is 9.77. The summed E-state index contributed by atoms with van der Waals surface area (Å²) < 4.78 is 7.97. The molecule has 2 aliphatic rings. The van der Waals surface area contributed by atoms with Crippen molar-refractivity contribution in [2.24, 2.45) is 4.99 Å². The minimum absolute atomic E-state index is 0.00324. The van der Waals surface area contributed by atoms with Crippen molar-refractivity contribution in [3.05, 3.63) is 96.8 Å². The quantitative estimate of drug-likeness (QED) is 0.172. The molecule has 2 N–H and O–H groups in total. The number of aryl methyl sites for hydroxylation is 2. The molecule has 5 aromatic rings. The number of carbonyl (C=O) groups is 3. The molecule has 0 radical (unpaired) electrons. The van der Waals surface area contributed by atoms with E-state index in [0.717, 1.165) is 71.2 Å². The van der Waals surface area contributed by atoms with Crippen LogP contribution in [0.2, 0.25) is 10.0 Å². The van der Waals surface area contributed by atoms with Crippen molar-refractivity contribution in [2.75, 3.05) is 45.9 Å². The number of carboxylic acids is 1. The van der Waals surface area contributed by atoms with E-state index in [1.165, 1.54) is 27.3 Å². The zero-order valence-electron chi connectivity index (χ0n) is 30.8. The van der Waals surface area contributed by atoms with Crippen molar-refractivity contribution >= 4 is 69.4 Å². The van der Waals surface area contributed by atoms with E-state index >= 15 is 0 Å². The highest BCUT2D eigenvalue weighted by molar-refractivity contribution is 7.15. The van der Waals surface area contributed by atoms with Gasteiger partial charge in [-0.25, -0.2) is 4.98 Å². The first kappa shape index (κ1) is 40.0. The molecule has 2 amide bonds. The molecule has 0 bridgehead atoms. The van der Waals surface area contributed by atoms with Crippen LogP contribution in [0.4, 0.5) is 0 Å². The number of benzene rings is 2. The molecule has 1 fully saturated rings. The van der Waals surface area contributed by atoms with Gasteiger partial charge in [0.1, 0.15) is 41.3 Å². The molecule has 288 valence electrons. The van der Waals surface area contributed by atoms with E-state index in [-0.39, 0.29) is 12.3 Å². The van der Waals surface area contributed by atoms with Gasteiger partial charge in [-0.3, -0.25) is 28.8 Å². The minimum Gasteiger partial charge on any atom is -0.492 e. The molecule has 55 heavy (non-hydrogen) atoms. The van der Waals surface area contributed by atoms with Crippen molar-refractivity contribution in [3.8, 4) is 21.3 Å². The summed E-state index contributed by atoms with van der Waals surface area (Å²) in [5.74, 6) is 1.06. The molecule has 3 aromatic heterocycles. The number of fused-ring (bicyclic) bond motifs is 3. The van der Waals surface area contributed by atoms with Crippen molar-refractivity contribution in [1.29, 1.82) is 0 Å². The number of aromatic nitrogens is 4.